The quantitative estimate of drug-likeness (QED) is 0.691. The monoisotopic (exact) mass is 418 g/mol. The van der Waals surface area contributed by atoms with Gasteiger partial charge < -0.3 is 10.2 Å². The summed E-state index contributed by atoms with van der Waals surface area (Å²) in [6.07, 6.45) is 7.80. The Morgan fingerprint density at radius 2 is 2.06 bits per heavy atom. The number of hydrogen-bond acceptors (Lipinski definition) is 5. The molecule has 3 heterocycles. The molecule has 1 aliphatic carbocycles. The molecule has 4 aliphatic rings. The summed E-state index contributed by atoms with van der Waals surface area (Å²) in [4.78, 5) is 16.2. The number of carbonyl (C=O) groups excluding carboxylic acids is 1. The first-order chi connectivity index (χ1) is 14.9. The van der Waals surface area contributed by atoms with E-state index in [4.69, 9.17) is 0 Å². The van der Waals surface area contributed by atoms with E-state index in [-0.39, 0.29) is 17.4 Å². The van der Waals surface area contributed by atoms with Crippen molar-refractivity contribution in [2.45, 2.75) is 83.8 Å². The van der Waals surface area contributed by atoms with Crippen LogP contribution < -0.4 is 10.2 Å². The molecule has 1 aromatic carbocycles. The first kappa shape index (κ1) is 20.5. The van der Waals surface area contributed by atoms with Crippen LogP contribution in [0.2, 0.25) is 0 Å². The fraction of sp³-hybridized carbons (Fsp3) is 0.577. The highest BCUT2D eigenvalue weighted by Crippen LogP contribution is 2.54. The Balaban J connectivity index is 1.68. The minimum Gasteiger partial charge on any atom is -0.369 e. The van der Waals surface area contributed by atoms with Gasteiger partial charge in [-0.3, -0.25) is 4.79 Å². The standard InChI is InChI=1S/C26H34N4O/c1-5-26(18-10-8-11-19(13-18)30-12-7-6-9-17(30)2)20-16-27-29-24(20)28-21-14-25(3,4)15-22(31)23(21)26/h8,10-11,13,16-17,24,28H,5-7,9,12,14-15H2,1-4H3/t17-,24?,26?/m0/s1. The topological polar surface area (TPSA) is 57.1 Å². The SMILES string of the molecule is CCC1(c2cccc(N3CCCC[C@@H]3C)c2)C2=CN=NC2NC2=C1C(=O)CC(C)(C)C2. The van der Waals surface area contributed by atoms with Gasteiger partial charge in [0.2, 0.25) is 0 Å². The number of nitrogens with zero attached hydrogens (tertiary/aromatic N) is 3. The summed E-state index contributed by atoms with van der Waals surface area (Å²) in [6, 6.07) is 9.49. The molecular formula is C26H34N4O. The van der Waals surface area contributed by atoms with Crippen LogP contribution in [-0.4, -0.2) is 24.5 Å². The van der Waals surface area contributed by atoms with Crippen LogP contribution in [0.15, 0.2) is 57.5 Å². The number of azo groups is 1. The van der Waals surface area contributed by atoms with E-state index >= 15 is 0 Å². The highest BCUT2D eigenvalue weighted by molar-refractivity contribution is 6.01. The van der Waals surface area contributed by atoms with Crippen LogP contribution in [-0.2, 0) is 10.2 Å². The van der Waals surface area contributed by atoms with Gasteiger partial charge in [-0.15, -0.1) is 0 Å². The second-order valence-electron chi connectivity index (χ2n) is 10.5. The third kappa shape index (κ3) is 3.16. The van der Waals surface area contributed by atoms with E-state index < -0.39 is 5.41 Å². The van der Waals surface area contributed by atoms with E-state index in [1.807, 2.05) is 6.20 Å². The van der Waals surface area contributed by atoms with Crippen LogP contribution in [0.4, 0.5) is 5.69 Å². The molecule has 5 heteroatoms. The molecule has 3 atom stereocenters. The van der Waals surface area contributed by atoms with Crippen LogP contribution >= 0.6 is 0 Å². The van der Waals surface area contributed by atoms with Crippen molar-refractivity contribution in [3.63, 3.8) is 0 Å². The molecule has 0 aromatic heterocycles. The van der Waals surface area contributed by atoms with Crippen molar-refractivity contribution in [2.75, 3.05) is 11.4 Å². The molecular weight excluding hydrogens is 384 g/mol. The number of rotatable bonds is 3. The van der Waals surface area contributed by atoms with Crippen molar-refractivity contribution in [3.05, 3.63) is 52.9 Å². The molecule has 0 spiro atoms. The minimum atomic E-state index is -0.461. The molecule has 0 amide bonds. The molecule has 0 saturated carbocycles. The number of Topliss-reactive ketones (excluding diaryl/α,β-unsaturated/α-hetero) is 1. The molecule has 2 unspecified atom stereocenters. The Labute approximate surface area is 185 Å². The smallest absolute Gasteiger partial charge is 0.164 e. The van der Waals surface area contributed by atoms with E-state index in [0.29, 0.717) is 12.5 Å². The number of piperidine rings is 1. The number of carbonyl (C=O) groups is 1. The molecule has 164 valence electrons. The predicted octanol–water partition coefficient (Wildman–Crippen LogP) is 5.64. The largest absolute Gasteiger partial charge is 0.369 e. The van der Waals surface area contributed by atoms with Crippen LogP contribution in [0.5, 0.6) is 0 Å². The third-order valence-corrected chi connectivity index (χ3v) is 7.78. The first-order valence-corrected chi connectivity index (χ1v) is 11.9. The summed E-state index contributed by atoms with van der Waals surface area (Å²) in [7, 11) is 0. The number of benzene rings is 1. The summed E-state index contributed by atoms with van der Waals surface area (Å²) in [5, 5.41) is 12.3. The van der Waals surface area contributed by atoms with E-state index in [2.05, 4.69) is 72.4 Å². The predicted molar refractivity (Wildman–Crippen MR) is 124 cm³/mol. The lowest BCUT2D eigenvalue weighted by molar-refractivity contribution is -0.119. The molecule has 31 heavy (non-hydrogen) atoms. The number of nitrogens with one attached hydrogen (secondary N) is 1. The van der Waals surface area contributed by atoms with Gasteiger partial charge >= 0.3 is 0 Å². The van der Waals surface area contributed by atoms with E-state index in [0.717, 1.165) is 36.2 Å². The first-order valence-electron chi connectivity index (χ1n) is 11.9. The maximum atomic E-state index is 13.6. The number of hydrogen-bond donors (Lipinski definition) is 1. The van der Waals surface area contributed by atoms with Gasteiger partial charge in [0.1, 0.15) is 0 Å². The van der Waals surface area contributed by atoms with Crippen molar-refractivity contribution in [2.24, 2.45) is 15.6 Å². The normalized spacial score (nSPS) is 31.8. The molecule has 3 aliphatic heterocycles. The fourth-order valence-corrected chi connectivity index (χ4v) is 6.32. The summed E-state index contributed by atoms with van der Waals surface area (Å²) < 4.78 is 0. The Kier molecular flexibility index (Phi) is 4.83. The summed E-state index contributed by atoms with van der Waals surface area (Å²) in [6.45, 7) is 10.00. The van der Waals surface area contributed by atoms with E-state index in [9.17, 15) is 4.79 Å². The van der Waals surface area contributed by atoms with Gasteiger partial charge in [-0.05, 0) is 62.1 Å². The van der Waals surface area contributed by atoms with Gasteiger partial charge in [0.25, 0.3) is 0 Å². The lowest BCUT2D eigenvalue weighted by Crippen LogP contribution is -2.51. The zero-order valence-corrected chi connectivity index (χ0v) is 19.2. The summed E-state index contributed by atoms with van der Waals surface area (Å²) in [5.74, 6) is 0.267. The zero-order valence-electron chi connectivity index (χ0n) is 19.2. The van der Waals surface area contributed by atoms with Gasteiger partial charge in [0.05, 0.1) is 11.6 Å². The molecule has 5 rings (SSSR count). The van der Waals surface area contributed by atoms with Gasteiger partial charge in [0, 0.05) is 41.5 Å². The molecule has 1 aromatic rings. The lowest BCUT2D eigenvalue weighted by Gasteiger charge is -2.48. The fourth-order valence-electron chi connectivity index (χ4n) is 6.32. The number of allylic oxidation sites excluding steroid dienone is 2. The van der Waals surface area contributed by atoms with Gasteiger partial charge in [0.15, 0.2) is 11.9 Å². The van der Waals surface area contributed by atoms with Crippen molar-refractivity contribution < 1.29 is 4.79 Å². The third-order valence-electron chi connectivity index (χ3n) is 7.78. The van der Waals surface area contributed by atoms with Gasteiger partial charge in [-0.1, -0.05) is 32.9 Å². The second-order valence-corrected chi connectivity index (χ2v) is 10.5. The molecule has 0 bridgehead atoms. The highest BCUT2D eigenvalue weighted by Gasteiger charge is 2.53. The average molecular weight is 419 g/mol. The van der Waals surface area contributed by atoms with E-state index in [1.165, 1.54) is 30.5 Å². The lowest BCUT2D eigenvalue weighted by atomic mass is 9.59. The second kappa shape index (κ2) is 7.32. The molecule has 1 N–H and O–H groups in total. The highest BCUT2D eigenvalue weighted by atomic mass is 16.1. The van der Waals surface area contributed by atoms with E-state index in [1.54, 1.807) is 0 Å². The van der Waals surface area contributed by atoms with Crippen LogP contribution in [0.3, 0.4) is 0 Å². The summed E-state index contributed by atoms with van der Waals surface area (Å²) in [5.41, 5.74) is 5.12. The Morgan fingerprint density at radius 1 is 1.23 bits per heavy atom. The Bertz CT molecular complexity index is 1000. The maximum absolute atomic E-state index is 13.6. The van der Waals surface area contributed by atoms with Crippen LogP contribution in [0, 0.1) is 5.41 Å². The Hall–Kier alpha value is -2.43. The maximum Gasteiger partial charge on any atom is 0.164 e. The number of fused-ring (bicyclic) bond motifs is 1. The molecule has 5 nitrogen and oxygen atoms in total. The molecule has 0 radical (unpaired) electrons. The molecule has 1 saturated heterocycles. The van der Waals surface area contributed by atoms with Crippen molar-refractivity contribution in [1.82, 2.24) is 5.32 Å². The molecule has 1 fully saturated rings. The van der Waals surface area contributed by atoms with Crippen molar-refractivity contribution >= 4 is 11.5 Å². The van der Waals surface area contributed by atoms with Crippen LogP contribution in [0.1, 0.15) is 71.8 Å². The number of anilines is 1. The minimum absolute atomic E-state index is 0.0373. The van der Waals surface area contributed by atoms with Crippen LogP contribution in [0.25, 0.3) is 0 Å². The van der Waals surface area contributed by atoms with Gasteiger partial charge in [-0.25, -0.2) is 0 Å². The number of ketones is 1. The summed E-state index contributed by atoms with van der Waals surface area (Å²) >= 11 is 0. The Morgan fingerprint density at radius 3 is 2.84 bits per heavy atom. The average Bonchev–Trinajstić information content (AvgIpc) is 3.20. The van der Waals surface area contributed by atoms with Crippen molar-refractivity contribution in [1.29, 1.82) is 0 Å². The zero-order chi connectivity index (χ0) is 21.8. The van der Waals surface area contributed by atoms with Gasteiger partial charge in [-0.2, -0.15) is 10.2 Å². The van der Waals surface area contributed by atoms with Crippen molar-refractivity contribution in [3.8, 4) is 0 Å².